The van der Waals surface area contributed by atoms with E-state index in [0.717, 1.165) is 24.3 Å². The van der Waals surface area contributed by atoms with Crippen LogP contribution >= 0.6 is 23.2 Å². The van der Waals surface area contributed by atoms with Gasteiger partial charge in [0.25, 0.3) is 5.91 Å². The maximum absolute atomic E-state index is 12.6. The Morgan fingerprint density at radius 1 is 1.11 bits per heavy atom. The molecule has 6 heteroatoms. The maximum atomic E-state index is 12.6. The van der Waals surface area contributed by atoms with Gasteiger partial charge < -0.3 is 10.2 Å². The zero-order valence-corrected chi connectivity index (χ0v) is 17.2. The molecule has 4 aliphatic carbocycles. The topological polar surface area (TPSA) is 49.4 Å². The van der Waals surface area contributed by atoms with Crippen LogP contribution in [0.4, 0.5) is 0 Å². The lowest BCUT2D eigenvalue weighted by Crippen LogP contribution is -2.52. The standard InChI is InChI=1S/C21H26Cl2N2O2/c1-25(12-21-8-13-4-14(9-21)6-15(5-13)10-21)19(26)11-24-20(27)17-3-2-16(22)7-18(17)23/h2-3,7,13-15H,4-6,8-12H2,1H3,(H,24,27). The lowest BCUT2D eigenvalue weighted by Gasteiger charge is -2.57. The second-order valence-corrected chi connectivity index (χ2v) is 9.82. The molecular formula is C21H26Cl2N2O2. The molecule has 0 atom stereocenters. The zero-order valence-electron chi connectivity index (χ0n) is 15.6. The van der Waals surface area contributed by atoms with E-state index in [2.05, 4.69) is 5.32 Å². The van der Waals surface area contributed by atoms with Crippen LogP contribution in [0.1, 0.15) is 48.9 Å². The number of hydrogen-bond acceptors (Lipinski definition) is 2. The second kappa shape index (κ2) is 7.29. The van der Waals surface area contributed by atoms with Gasteiger partial charge >= 0.3 is 0 Å². The van der Waals surface area contributed by atoms with Crippen LogP contribution in [0.25, 0.3) is 0 Å². The minimum absolute atomic E-state index is 0.0132. The van der Waals surface area contributed by atoms with E-state index in [1.807, 2.05) is 11.9 Å². The molecule has 1 N–H and O–H groups in total. The number of hydrogen-bond donors (Lipinski definition) is 1. The van der Waals surface area contributed by atoms with Crippen LogP contribution in [0.2, 0.25) is 10.0 Å². The minimum Gasteiger partial charge on any atom is -0.344 e. The summed E-state index contributed by atoms with van der Waals surface area (Å²) in [4.78, 5) is 26.7. The molecule has 4 saturated carbocycles. The Balaban J connectivity index is 1.32. The van der Waals surface area contributed by atoms with Crippen LogP contribution in [0.5, 0.6) is 0 Å². The van der Waals surface area contributed by atoms with E-state index < -0.39 is 0 Å². The molecule has 0 spiro atoms. The van der Waals surface area contributed by atoms with E-state index in [1.54, 1.807) is 12.1 Å². The number of carbonyl (C=O) groups is 2. The van der Waals surface area contributed by atoms with Crippen LogP contribution < -0.4 is 5.32 Å². The normalized spacial score (nSPS) is 31.0. The van der Waals surface area contributed by atoms with Crippen molar-refractivity contribution in [3.63, 3.8) is 0 Å². The number of carbonyl (C=O) groups excluding carboxylic acids is 2. The van der Waals surface area contributed by atoms with Gasteiger partial charge in [-0.1, -0.05) is 23.2 Å². The van der Waals surface area contributed by atoms with Crippen LogP contribution in [0.3, 0.4) is 0 Å². The molecule has 0 heterocycles. The summed E-state index contributed by atoms with van der Waals surface area (Å²) in [6.45, 7) is 0.799. The Hall–Kier alpha value is -1.26. The highest BCUT2D eigenvalue weighted by Crippen LogP contribution is 2.60. The Kier molecular flexibility index (Phi) is 5.15. The molecule has 27 heavy (non-hydrogen) atoms. The first-order valence-corrected chi connectivity index (χ1v) is 10.6. The third kappa shape index (κ3) is 3.97. The molecule has 1 aromatic rings. The molecule has 4 fully saturated rings. The molecular weight excluding hydrogens is 383 g/mol. The van der Waals surface area contributed by atoms with E-state index >= 15 is 0 Å². The van der Waals surface area contributed by atoms with Gasteiger partial charge in [0.1, 0.15) is 0 Å². The molecule has 0 radical (unpaired) electrons. The fourth-order valence-electron chi connectivity index (χ4n) is 6.13. The van der Waals surface area contributed by atoms with Crippen molar-refractivity contribution in [1.29, 1.82) is 0 Å². The van der Waals surface area contributed by atoms with Crippen molar-refractivity contribution in [2.45, 2.75) is 38.5 Å². The smallest absolute Gasteiger partial charge is 0.253 e. The molecule has 0 aliphatic heterocycles. The van der Waals surface area contributed by atoms with Crippen molar-refractivity contribution in [2.24, 2.45) is 23.2 Å². The predicted molar refractivity (Wildman–Crippen MR) is 107 cm³/mol. The molecule has 0 aromatic heterocycles. The number of rotatable bonds is 5. The number of nitrogens with zero attached hydrogens (tertiary/aromatic N) is 1. The van der Waals surface area contributed by atoms with Gasteiger partial charge in [0, 0.05) is 18.6 Å². The third-order valence-corrected chi connectivity index (χ3v) is 7.29. The van der Waals surface area contributed by atoms with Gasteiger partial charge in [0.2, 0.25) is 5.91 Å². The van der Waals surface area contributed by atoms with Crippen molar-refractivity contribution in [1.82, 2.24) is 10.2 Å². The number of benzene rings is 1. The van der Waals surface area contributed by atoms with Crippen molar-refractivity contribution in [2.75, 3.05) is 20.1 Å². The largest absolute Gasteiger partial charge is 0.344 e. The van der Waals surface area contributed by atoms with Gasteiger partial charge in [0.05, 0.1) is 17.1 Å². The fourth-order valence-corrected chi connectivity index (χ4v) is 6.63. The molecule has 1 aromatic carbocycles. The van der Waals surface area contributed by atoms with E-state index in [4.69, 9.17) is 23.2 Å². The van der Waals surface area contributed by atoms with Crippen LogP contribution in [0, 0.1) is 23.2 Å². The summed E-state index contributed by atoms with van der Waals surface area (Å²) in [7, 11) is 1.86. The fraction of sp³-hybridized carbons (Fsp3) is 0.619. The SMILES string of the molecule is CN(CC12CC3CC(CC(C3)C1)C2)C(=O)CNC(=O)c1ccc(Cl)cc1Cl. The van der Waals surface area contributed by atoms with Crippen LogP contribution in [0.15, 0.2) is 18.2 Å². The highest BCUT2D eigenvalue weighted by Gasteiger charge is 2.51. The van der Waals surface area contributed by atoms with Crippen molar-refractivity contribution < 1.29 is 9.59 Å². The first-order chi connectivity index (χ1) is 12.8. The van der Waals surface area contributed by atoms with E-state index in [1.165, 1.54) is 44.6 Å². The highest BCUT2D eigenvalue weighted by molar-refractivity contribution is 6.36. The lowest BCUT2D eigenvalue weighted by molar-refractivity contribution is -0.134. The average Bonchev–Trinajstić information content (AvgIpc) is 2.57. The van der Waals surface area contributed by atoms with Crippen LogP contribution in [-0.2, 0) is 4.79 Å². The molecule has 0 unspecified atom stereocenters. The monoisotopic (exact) mass is 408 g/mol. The summed E-state index contributed by atoms with van der Waals surface area (Å²) in [6.07, 6.45) is 7.99. The molecule has 5 rings (SSSR count). The number of amides is 2. The van der Waals surface area contributed by atoms with Gasteiger partial charge in [-0.25, -0.2) is 0 Å². The Labute approximate surface area is 170 Å². The van der Waals surface area contributed by atoms with Crippen molar-refractivity contribution >= 4 is 35.0 Å². The van der Waals surface area contributed by atoms with E-state index in [9.17, 15) is 9.59 Å². The van der Waals surface area contributed by atoms with E-state index in [0.29, 0.717) is 16.0 Å². The van der Waals surface area contributed by atoms with Crippen molar-refractivity contribution in [3.05, 3.63) is 33.8 Å². The number of nitrogens with one attached hydrogen (secondary N) is 1. The van der Waals surface area contributed by atoms with Gasteiger partial charge in [-0.2, -0.15) is 0 Å². The second-order valence-electron chi connectivity index (χ2n) is 8.97. The third-order valence-electron chi connectivity index (χ3n) is 6.74. The van der Waals surface area contributed by atoms with Crippen molar-refractivity contribution in [3.8, 4) is 0 Å². The Morgan fingerprint density at radius 3 is 2.26 bits per heavy atom. The first-order valence-electron chi connectivity index (χ1n) is 9.81. The first kappa shape index (κ1) is 19.1. The average molecular weight is 409 g/mol. The molecule has 2 amide bonds. The summed E-state index contributed by atoms with van der Waals surface area (Å²) in [5.74, 6) is 2.20. The van der Waals surface area contributed by atoms with E-state index in [-0.39, 0.29) is 23.4 Å². The zero-order chi connectivity index (χ0) is 19.2. The summed E-state index contributed by atoms with van der Waals surface area (Å²) in [5.41, 5.74) is 0.639. The number of halogens is 2. The minimum atomic E-state index is -0.353. The molecule has 4 nitrogen and oxygen atoms in total. The maximum Gasteiger partial charge on any atom is 0.253 e. The number of likely N-dealkylation sites (N-methyl/N-ethyl adjacent to an activating group) is 1. The Bertz CT molecular complexity index is 729. The molecule has 0 saturated heterocycles. The Morgan fingerprint density at radius 2 is 1.70 bits per heavy atom. The quantitative estimate of drug-likeness (QED) is 0.784. The lowest BCUT2D eigenvalue weighted by atomic mass is 9.49. The predicted octanol–water partition coefficient (Wildman–Crippen LogP) is 4.40. The van der Waals surface area contributed by atoms with Gasteiger partial charge in [-0.05, 0) is 79.9 Å². The summed E-state index contributed by atoms with van der Waals surface area (Å²) < 4.78 is 0. The molecule has 146 valence electrons. The molecule has 4 bridgehead atoms. The summed E-state index contributed by atoms with van der Waals surface area (Å²) in [6, 6.07) is 4.71. The van der Waals surface area contributed by atoms with Crippen LogP contribution in [-0.4, -0.2) is 36.9 Å². The highest BCUT2D eigenvalue weighted by atomic mass is 35.5. The molecule has 4 aliphatic rings. The summed E-state index contributed by atoms with van der Waals surface area (Å²) >= 11 is 11.9. The summed E-state index contributed by atoms with van der Waals surface area (Å²) in [5, 5.41) is 3.45. The van der Waals surface area contributed by atoms with Gasteiger partial charge in [-0.3, -0.25) is 9.59 Å². The van der Waals surface area contributed by atoms with Gasteiger partial charge in [0.15, 0.2) is 0 Å². The van der Waals surface area contributed by atoms with Gasteiger partial charge in [-0.15, -0.1) is 0 Å².